The van der Waals surface area contributed by atoms with Crippen LogP contribution >= 0.6 is 0 Å². The molecular weight excluding hydrogens is 240 g/mol. The molecule has 0 amide bonds. The van der Waals surface area contributed by atoms with Crippen LogP contribution in [0.3, 0.4) is 0 Å². The van der Waals surface area contributed by atoms with Gasteiger partial charge in [-0.2, -0.15) is 5.10 Å². The van der Waals surface area contributed by atoms with E-state index < -0.39 is 0 Å². The van der Waals surface area contributed by atoms with E-state index in [1.807, 2.05) is 6.07 Å². The number of nitrogens with two attached hydrogens (primary N) is 1. The first-order valence-corrected chi connectivity index (χ1v) is 6.39. The summed E-state index contributed by atoms with van der Waals surface area (Å²) >= 11 is 0. The molecule has 3 N–H and O–H groups in total. The Morgan fingerprint density at radius 1 is 1.11 bits per heavy atom. The Bertz CT molecular complexity index is 537. The number of hydrogen-bond donors (Lipinski definition) is 2. The second-order valence-electron chi connectivity index (χ2n) is 4.18. The molecule has 19 heavy (non-hydrogen) atoms. The van der Waals surface area contributed by atoms with E-state index >= 15 is 0 Å². The Labute approximate surface area is 112 Å². The molecule has 0 spiro atoms. The van der Waals surface area contributed by atoms with E-state index in [0.717, 1.165) is 29.8 Å². The first-order valence-electron chi connectivity index (χ1n) is 6.39. The van der Waals surface area contributed by atoms with E-state index in [0.29, 0.717) is 18.3 Å². The van der Waals surface area contributed by atoms with Gasteiger partial charge in [-0.15, -0.1) is 5.10 Å². The van der Waals surface area contributed by atoms with Crippen LogP contribution in [-0.2, 0) is 19.4 Å². The molecule has 0 aromatic carbocycles. The van der Waals surface area contributed by atoms with Crippen molar-refractivity contribution < 1.29 is 0 Å². The van der Waals surface area contributed by atoms with Crippen molar-refractivity contribution in [2.75, 3.05) is 11.1 Å². The summed E-state index contributed by atoms with van der Waals surface area (Å²) in [7, 11) is 0. The lowest BCUT2D eigenvalue weighted by molar-refractivity contribution is 0.819. The summed E-state index contributed by atoms with van der Waals surface area (Å²) in [5, 5.41) is 11.4. The van der Waals surface area contributed by atoms with Crippen LogP contribution in [0.15, 0.2) is 18.3 Å². The van der Waals surface area contributed by atoms with Gasteiger partial charge in [0.25, 0.3) is 0 Å². The van der Waals surface area contributed by atoms with Gasteiger partial charge in [-0.3, -0.25) is 0 Å². The van der Waals surface area contributed by atoms with Crippen LogP contribution in [0.5, 0.6) is 0 Å². The summed E-state index contributed by atoms with van der Waals surface area (Å²) in [5.74, 6) is 1.06. The number of pyridine rings is 1. The average molecular weight is 258 g/mol. The molecule has 6 heteroatoms. The summed E-state index contributed by atoms with van der Waals surface area (Å²) in [5.41, 5.74) is 8.52. The van der Waals surface area contributed by atoms with E-state index in [1.165, 1.54) is 0 Å². The van der Waals surface area contributed by atoms with Gasteiger partial charge in [0.05, 0.1) is 11.4 Å². The van der Waals surface area contributed by atoms with Gasteiger partial charge in [-0.05, 0) is 24.5 Å². The second-order valence-corrected chi connectivity index (χ2v) is 4.18. The van der Waals surface area contributed by atoms with E-state index in [9.17, 15) is 0 Å². The molecule has 0 unspecified atom stereocenters. The number of anilines is 2. The third-order valence-corrected chi connectivity index (χ3v) is 2.81. The maximum absolute atomic E-state index is 5.54. The lowest BCUT2D eigenvalue weighted by Crippen LogP contribution is -2.09. The maximum atomic E-state index is 5.54. The minimum absolute atomic E-state index is 0.516. The first-order chi connectivity index (χ1) is 9.22. The summed E-state index contributed by atoms with van der Waals surface area (Å²) in [4.78, 5) is 8.50. The highest BCUT2D eigenvalue weighted by Crippen LogP contribution is 2.08. The van der Waals surface area contributed by atoms with Crippen LogP contribution in [0.25, 0.3) is 0 Å². The topological polar surface area (TPSA) is 89.6 Å². The third kappa shape index (κ3) is 3.37. The van der Waals surface area contributed by atoms with Crippen molar-refractivity contribution in [2.45, 2.75) is 33.2 Å². The highest BCUT2D eigenvalue weighted by atomic mass is 15.2. The second kappa shape index (κ2) is 6.08. The third-order valence-electron chi connectivity index (χ3n) is 2.81. The molecule has 0 aliphatic heterocycles. The fourth-order valence-electron chi connectivity index (χ4n) is 1.73. The highest BCUT2D eigenvalue weighted by Gasteiger charge is 2.05. The molecule has 0 radical (unpaired) electrons. The fraction of sp³-hybridized carbons (Fsp3) is 0.385. The number of nitrogens with zero attached hydrogens (tertiary/aromatic N) is 4. The Morgan fingerprint density at radius 3 is 2.53 bits per heavy atom. The fourth-order valence-corrected chi connectivity index (χ4v) is 1.73. The number of rotatable bonds is 5. The van der Waals surface area contributed by atoms with Crippen molar-refractivity contribution in [3.05, 3.63) is 35.3 Å². The van der Waals surface area contributed by atoms with Gasteiger partial charge in [0.1, 0.15) is 5.82 Å². The zero-order valence-corrected chi connectivity index (χ0v) is 11.2. The van der Waals surface area contributed by atoms with E-state index in [-0.39, 0.29) is 0 Å². The van der Waals surface area contributed by atoms with Gasteiger partial charge >= 0.3 is 0 Å². The van der Waals surface area contributed by atoms with Crippen molar-refractivity contribution in [2.24, 2.45) is 0 Å². The molecule has 0 aliphatic carbocycles. The van der Waals surface area contributed by atoms with Crippen LogP contribution in [0.4, 0.5) is 11.8 Å². The van der Waals surface area contributed by atoms with Crippen molar-refractivity contribution in [3.63, 3.8) is 0 Å². The summed E-state index contributed by atoms with van der Waals surface area (Å²) in [6.07, 6.45) is 3.44. The monoisotopic (exact) mass is 258 g/mol. The van der Waals surface area contributed by atoms with Crippen LogP contribution in [-0.4, -0.2) is 20.2 Å². The largest absolute Gasteiger partial charge is 0.384 e. The number of hydrogen-bond acceptors (Lipinski definition) is 6. The smallest absolute Gasteiger partial charge is 0.243 e. The summed E-state index contributed by atoms with van der Waals surface area (Å²) in [6.45, 7) is 4.72. The lowest BCUT2D eigenvalue weighted by atomic mass is 10.2. The molecule has 0 fully saturated rings. The van der Waals surface area contributed by atoms with Crippen molar-refractivity contribution in [3.8, 4) is 0 Å². The molecule has 2 rings (SSSR count). The van der Waals surface area contributed by atoms with Gasteiger partial charge in [0.2, 0.25) is 5.95 Å². The SMILES string of the molecule is CCc1nnc(NCc2ccc(N)nc2)nc1CC. The predicted molar refractivity (Wildman–Crippen MR) is 74.6 cm³/mol. The minimum Gasteiger partial charge on any atom is -0.384 e. The van der Waals surface area contributed by atoms with Crippen molar-refractivity contribution >= 4 is 11.8 Å². The van der Waals surface area contributed by atoms with Crippen LogP contribution < -0.4 is 11.1 Å². The molecular formula is C13H18N6. The maximum Gasteiger partial charge on any atom is 0.243 e. The van der Waals surface area contributed by atoms with Crippen LogP contribution in [0.1, 0.15) is 30.8 Å². The van der Waals surface area contributed by atoms with Crippen LogP contribution in [0.2, 0.25) is 0 Å². The average Bonchev–Trinajstić information content (AvgIpc) is 2.46. The number of nitrogens with one attached hydrogen (secondary N) is 1. The van der Waals surface area contributed by atoms with E-state index in [4.69, 9.17) is 5.73 Å². The molecule has 0 atom stereocenters. The minimum atomic E-state index is 0.516. The lowest BCUT2D eigenvalue weighted by Gasteiger charge is -2.07. The highest BCUT2D eigenvalue weighted by molar-refractivity contribution is 5.32. The Kier molecular flexibility index (Phi) is 4.22. The van der Waals surface area contributed by atoms with Gasteiger partial charge in [-0.1, -0.05) is 19.9 Å². The first kappa shape index (κ1) is 13.2. The molecule has 6 nitrogen and oxygen atoms in total. The van der Waals surface area contributed by atoms with E-state index in [2.05, 4.69) is 39.3 Å². The van der Waals surface area contributed by atoms with E-state index in [1.54, 1.807) is 12.3 Å². The standard InChI is InChI=1S/C13H18N6/c1-3-10-11(4-2)18-19-13(17-10)16-8-9-5-6-12(14)15-7-9/h5-7H,3-4,8H2,1-2H3,(H2,14,15)(H,16,17,19). The Morgan fingerprint density at radius 2 is 1.89 bits per heavy atom. The number of aromatic nitrogens is 4. The molecule has 0 saturated heterocycles. The van der Waals surface area contributed by atoms with Gasteiger partial charge < -0.3 is 11.1 Å². The summed E-state index contributed by atoms with van der Waals surface area (Å²) in [6, 6.07) is 3.69. The predicted octanol–water partition coefficient (Wildman–Crippen LogP) is 1.59. The molecule has 100 valence electrons. The number of aryl methyl sites for hydroxylation is 2. The normalized spacial score (nSPS) is 10.4. The van der Waals surface area contributed by atoms with Crippen molar-refractivity contribution in [1.82, 2.24) is 20.2 Å². The van der Waals surface area contributed by atoms with Crippen LogP contribution in [0, 0.1) is 0 Å². The molecule has 2 aromatic heterocycles. The molecule has 2 aromatic rings. The molecule has 0 aliphatic rings. The zero-order valence-electron chi connectivity index (χ0n) is 11.2. The molecule has 2 heterocycles. The quantitative estimate of drug-likeness (QED) is 0.846. The molecule has 0 saturated carbocycles. The van der Waals surface area contributed by atoms with Crippen molar-refractivity contribution in [1.29, 1.82) is 0 Å². The number of nitrogen functional groups attached to an aromatic ring is 1. The molecule has 0 bridgehead atoms. The zero-order chi connectivity index (χ0) is 13.7. The summed E-state index contributed by atoms with van der Waals surface area (Å²) < 4.78 is 0. The Balaban J connectivity index is 2.05. The Hall–Kier alpha value is -2.24. The van der Waals surface area contributed by atoms with Gasteiger partial charge in [0.15, 0.2) is 0 Å². The van der Waals surface area contributed by atoms with Gasteiger partial charge in [0, 0.05) is 12.7 Å². The van der Waals surface area contributed by atoms with Gasteiger partial charge in [-0.25, -0.2) is 9.97 Å².